The van der Waals surface area contributed by atoms with E-state index in [4.69, 9.17) is 9.47 Å². The third kappa shape index (κ3) is 2.46. The van der Waals surface area contributed by atoms with Crippen molar-refractivity contribution >= 4 is 0 Å². The van der Waals surface area contributed by atoms with Crippen molar-refractivity contribution < 1.29 is 13.9 Å². The highest BCUT2D eigenvalue weighted by molar-refractivity contribution is 5.32. The monoisotopic (exact) mass is 249 g/mol. The van der Waals surface area contributed by atoms with Gasteiger partial charge >= 0.3 is 0 Å². The van der Waals surface area contributed by atoms with Gasteiger partial charge < -0.3 is 9.47 Å². The fourth-order valence-corrected chi connectivity index (χ4v) is 2.31. The Morgan fingerprint density at radius 1 is 1.44 bits per heavy atom. The highest BCUT2D eigenvalue weighted by Gasteiger charge is 2.34. The summed E-state index contributed by atoms with van der Waals surface area (Å²) in [5.41, 5.74) is 0.0312. The normalized spacial score (nSPS) is 18.1. The van der Waals surface area contributed by atoms with Gasteiger partial charge in [0.15, 0.2) is 11.6 Å². The Balaban J connectivity index is 2.25. The van der Waals surface area contributed by atoms with Crippen molar-refractivity contribution in [1.29, 1.82) is 5.26 Å². The van der Waals surface area contributed by atoms with Gasteiger partial charge in [-0.3, -0.25) is 0 Å². The molecule has 0 amide bonds. The number of benzene rings is 1. The Morgan fingerprint density at radius 3 is 2.78 bits per heavy atom. The zero-order chi connectivity index (χ0) is 13.0. The largest absolute Gasteiger partial charge is 0.494 e. The third-order valence-electron chi connectivity index (χ3n) is 3.48. The van der Waals surface area contributed by atoms with Crippen LogP contribution in [-0.2, 0) is 11.2 Å². The van der Waals surface area contributed by atoms with Gasteiger partial charge in [-0.2, -0.15) is 5.26 Å². The first-order chi connectivity index (χ1) is 8.71. The van der Waals surface area contributed by atoms with E-state index in [0.717, 1.165) is 0 Å². The maximum atomic E-state index is 14.1. The molecule has 2 rings (SSSR count). The summed E-state index contributed by atoms with van der Waals surface area (Å²) in [4.78, 5) is 0. The molecule has 0 aliphatic carbocycles. The molecule has 1 saturated heterocycles. The zero-order valence-corrected chi connectivity index (χ0v) is 10.4. The second-order valence-electron chi connectivity index (χ2n) is 4.61. The maximum Gasteiger partial charge on any atom is 0.168 e. The molecule has 0 bridgehead atoms. The van der Waals surface area contributed by atoms with Crippen molar-refractivity contribution in [2.75, 3.05) is 20.3 Å². The first-order valence-corrected chi connectivity index (χ1v) is 6.01. The van der Waals surface area contributed by atoms with Gasteiger partial charge in [0.05, 0.1) is 18.6 Å². The van der Waals surface area contributed by atoms with Crippen LogP contribution in [0.3, 0.4) is 0 Å². The Bertz CT molecular complexity index is 461. The Morgan fingerprint density at radius 2 is 2.17 bits per heavy atom. The quantitative estimate of drug-likeness (QED) is 0.827. The number of ether oxygens (including phenoxy) is 2. The Labute approximate surface area is 106 Å². The van der Waals surface area contributed by atoms with Crippen LogP contribution in [0.5, 0.6) is 5.75 Å². The number of methoxy groups -OCH3 is 1. The van der Waals surface area contributed by atoms with Crippen molar-refractivity contribution in [3.63, 3.8) is 0 Å². The lowest BCUT2D eigenvalue weighted by Crippen LogP contribution is -2.30. The SMILES string of the molecule is COc1cccc(CC2(C#N)CCOCC2)c1F. The summed E-state index contributed by atoms with van der Waals surface area (Å²) in [6.07, 6.45) is 1.72. The van der Waals surface area contributed by atoms with E-state index in [1.54, 1.807) is 18.2 Å². The lowest BCUT2D eigenvalue weighted by molar-refractivity contribution is 0.0403. The molecule has 1 aromatic rings. The molecule has 4 heteroatoms. The van der Waals surface area contributed by atoms with Crippen molar-refractivity contribution in [2.24, 2.45) is 5.41 Å². The molecule has 0 aromatic heterocycles. The summed E-state index contributed by atoms with van der Waals surface area (Å²) in [5, 5.41) is 9.36. The summed E-state index contributed by atoms with van der Waals surface area (Å²) < 4.78 is 24.3. The van der Waals surface area contributed by atoms with Crippen LogP contribution in [0.15, 0.2) is 18.2 Å². The molecule has 1 aromatic carbocycles. The number of halogens is 1. The van der Waals surface area contributed by atoms with Gasteiger partial charge in [0, 0.05) is 13.2 Å². The van der Waals surface area contributed by atoms with Crippen LogP contribution < -0.4 is 4.74 Å². The van der Waals surface area contributed by atoms with E-state index in [1.807, 2.05) is 0 Å². The highest BCUT2D eigenvalue weighted by atomic mass is 19.1. The minimum Gasteiger partial charge on any atom is -0.494 e. The lowest BCUT2D eigenvalue weighted by Gasteiger charge is -2.30. The van der Waals surface area contributed by atoms with Crippen LogP contribution in [0.4, 0.5) is 4.39 Å². The molecule has 1 fully saturated rings. The third-order valence-corrected chi connectivity index (χ3v) is 3.48. The van der Waals surface area contributed by atoms with E-state index in [0.29, 0.717) is 38.0 Å². The standard InChI is InChI=1S/C14H16FNO2/c1-17-12-4-2-3-11(13(12)15)9-14(10-16)5-7-18-8-6-14/h2-4H,5-9H2,1H3. The van der Waals surface area contributed by atoms with Crippen LogP contribution in [-0.4, -0.2) is 20.3 Å². The molecule has 96 valence electrons. The summed E-state index contributed by atoms with van der Waals surface area (Å²) in [6.45, 7) is 1.14. The van der Waals surface area contributed by atoms with Gasteiger partial charge in [-0.05, 0) is 30.9 Å². The minimum absolute atomic E-state index is 0.229. The molecule has 0 radical (unpaired) electrons. The maximum absolute atomic E-state index is 14.1. The van der Waals surface area contributed by atoms with Gasteiger partial charge in [-0.25, -0.2) is 4.39 Å². The predicted molar refractivity (Wildman–Crippen MR) is 64.8 cm³/mol. The molecule has 18 heavy (non-hydrogen) atoms. The first kappa shape index (κ1) is 12.8. The molecule has 0 unspecified atom stereocenters. The van der Waals surface area contributed by atoms with Crippen molar-refractivity contribution in [3.05, 3.63) is 29.6 Å². The predicted octanol–water partition coefficient (Wildman–Crippen LogP) is 2.70. The van der Waals surface area contributed by atoms with E-state index in [9.17, 15) is 9.65 Å². The molecular formula is C14H16FNO2. The fourth-order valence-electron chi connectivity index (χ4n) is 2.31. The summed E-state index contributed by atoms with van der Waals surface area (Å²) in [7, 11) is 1.44. The second-order valence-corrected chi connectivity index (χ2v) is 4.61. The summed E-state index contributed by atoms with van der Waals surface area (Å²) in [6, 6.07) is 7.39. The highest BCUT2D eigenvalue weighted by Crippen LogP contribution is 2.35. The van der Waals surface area contributed by atoms with Crippen LogP contribution >= 0.6 is 0 Å². The molecular weight excluding hydrogens is 233 g/mol. The Hall–Kier alpha value is -1.60. The van der Waals surface area contributed by atoms with Gasteiger partial charge in [-0.15, -0.1) is 0 Å². The van der Waals surface area contributed by atoms with E-state index in [-0.39, 0.29) is 11.6 Å². The van der Waals surface area contributed by atoms with E-state index in [1.165, 1.54) is 7.11 Å². The van der Waals surface area contributed by atoms with Gasteiger partial charge in [0.1, 0.15) is 0 Å². The molecule has 3 nitrogen and oxygen atoms in total. The average molecular weight is 249 g/mol. The zero-order valence-electron chi connectivity index (χ0n) is 10.4. The van der Waals surface area contributed by atoms with Crippen LogP contribution in [0.2, 0.25) is 0 Å². The van der Waals surface area contributed by atoms with Gasteiger partial charge in [0.2, 0.25) is 0 Å². The van der Waals surface area contributed by atoms with Crippen LogP contribution in [0.1, 0.15) is 18.4 Å². The number of hydrogen-bond acceptors (Lipinski definition) is 3. The van der Waals surface area contributed by atoms with E-state index >= 15 is 0 Å². The van der Waals surface area contributed by atoms with Gasteiger partial charge in [0.25, 0.3) is 0 Å². The van der Waals surface area contributed by atoms with Crippen molar-refractivity contribution in [1.82, 2.24) is 0 Å². The number of rotatable bonds is 3. The molecule has 0 saturated carbocycles. The minimum atomic E-state index is -0.508. The van der Waals surface area contributed by atoms with Crippen molar-refractivity contribution in [3.8, 4) is 11.8 Å². The van der Waals surface area contributed by atoms with Gasteiger partial charge in [-0.1, -0.05) is 12.1 Å². The number of nitrogens with zero attached hydrogens (tertiary/aromatic N) is 1. The number of hydrogen-bond donors (Lipinski definition) is 0. The fraction of sp³-hybridized carbons (Fsp3) is 0.500. The molecule has 1 aliphatic rings. The molecule has 1 heterocycles. The Kier molecular flexibility index (Phi) is 3.83. The topological polar surface area (TPSA) is 42.2 Å². The summed E-state index contributed by atoms with van der Waals surface area (Å²) in [5.74, 6) is -0.131. The number of nitriles is 1. The first-order valence-electron chi connectivity index (χ1n) is 6.01. The molecule has 0 spiro atoms. The summed E-state index contributed by atoms with van der Waals surface area (Å²) >= 11 is 0. The smallest absolute Gasteiger partial charge is 0.168 e. The molecule has 0 N–H and O–H groups in total. The van der Waals surface area contributed by atoms with E-state index < -0.39 is 5.41 Å². The lowest BCUT2D eigenvalue weighted by atomic mass is 9.76. The molecule has 1 aliphatic heterocycles. The second kappa shape index (κ2) is 5.36. The van der Waals surface area contributed by atoms with E-state index in [2.05, 4.69) is 6.07 Å². The van der Waals surface area contributed by atoms with Crippen LogP contribution in [0.25, 0.3) is 0 Å². The van der Waals surface area contributed by atoms with Crippen molar-refractivity contribution in [2.45, 2.75) is 19.3 Å². The average Bonchev–Trinajstić information content (AvgIpc) is 2.42. The molecule has 0 atom stereocenters. The van der Waals surface area contributed by atoms with Crippen LogP contribution in [0, 0.1) is 22.6 Å².